The number of hydrogen-bond acceptors (Lipinski definition) is 2. The Labute approximate surface area is 324 Å². The Morgan fingerprint density at radius 2 is 1.08 bits per heavy atom. The second-order valence-corrected chi connectivity index (χ2v) is 19.1. The fraction of sp³-hybridized carbons (Fsp3) is 0.340. The van der Waals surface area contributed by atoms with Crippen LogP contribution in [-0.4, -0.2) is 4.98 Å². The molecule has 0 fully saturated rings. The SMILES string of the molecule is CC(C)(C)c1cc(-c2[c-]c(-c3cc(C(C)(C)C)cc4c3[n-]c3ccc(C(C)(C)C)cc34)cc(C(C)(C)C)c2)[c-]c(-c2cc3ccsc3cn2)c1.[Au+3]. The molecule has 0 unspecified atom stereocenters. The zero-order chi connectivity index (χ0) is 36.0. The molecule has 0 saturated carbocycles. The number of aromatic nitrogens is 2. The maximum absolute atomic E-state index is 5.32. The van der Waals surface area contributed by atoms with E-state index in [4.69, 9.17) is 9.97 Å². The molecule has 0 aliphatic rings. The molecule has 0 N–H and O–H groups in total. The largest absolute Gasteiger partial charge is 3.00 e. The van der Waals surface area contributed by atoms with Crippen LogP contribution >= 0.6 is 11.3 Å². The molecule has 264 valence electrons. The van der Waals surface area contributed by atoms with E-state index in [-0.39, 0.29) is 44.0 Å². The van der Waals surface area contributed by atoms with Gasteiger partial charge in [0.1, 0.15) is 0 Å². The molecule has 0 spiro atoms. The number of benzene rings is 4. The van der Waals surface area contributed by atoms with Gasteiger partial charge in [-0.05, 0) is 60.4 Å². The summed E-state index contributed by atoms with van der Waals surface area (Å²) in [5.74, 6) is 0. The third-order valence-electron chi connectivity index (χ3n) is 10.0. The van der Waals surface area contributed by atoms with E-state index in [0.29, 0.717) is 0 Å². The zero-order valence-electron chi connectivity index (χ0n) is 32.1. The van der Waals surface area contributed by atoms with Gasteiger partial charge in [0.25, 0.3) is 0 Å². The Morgan fingerprint density at radius 1 is 0.549 bits per heavy atom. The van der Waals surface area contributed by atoms with Crippen LogP contribution in [0, 0.1) is 12.1 Å². The van der Waals surface area contributed by atoms with E-state index in [9.17, 15) is 0 Å². The van der Waals surface area contributed by atoms with Crippen molar-refractivity contribution in [1.29, 1.82) is 0 Å². The molecule has 2 nitrogen and oxygen atoms in total. The second kappa shape index (κ2) is 12.9. The maximum Gasteiger partial charge on any atom is 3.00 e. The van der Waals surface area contributed by atoms with Gasteiger partial charge in [0.05, 0.1) is 4.70 Å². The molecule has 0 aliphatic heterocycles. The fourth-order valence-corrected chi connectivity index (χ4v) is 7.37. The van der Waals surface area contributed by atoms with Gasteiger partial charge in [0.2, 0.25) is 0 Å². The zero-order valence-corrected chi connectivity index (χ0v) is 35.1. The van der Waals surface area contributed by atoms with Crippen molar-refractivity contribution in [3.63, 3.8) is 0 Å². The van der Waals surface area contributed by atoms with Gasteiger partial charge in [-0.1, -0.05) is 125 Å². The number of nitrogens with zero attached hydrogens (tertiary/aromatic N) is 2. The fourth-order valence-electron chi connectivity index (χ4n) is 6.63. The quantitative estimate of drug-likeness (QED) is 0.131. The number of pyridine rings is 1. The van der Waals surface area contributed by atoms with Gasteiger partial charge in [-0.2, -0.15) is 40.9 Å². The van der Waals surface area contributed by atoms with Crippen LogP contribution in [0.15, 0.2) is 78.3 Å². The predicted octanol–water partition coefficient (Wildman–Crippen LogP) is 13.3. The molecule has 7 rings (SSSR count). The van der Waals surface area contributed by atoms with Gasteiger partial charge in [-0.25, -0.2) is 0 Å². The molecule has 3 aromatic heterocycles. The summed E-state index contributed by atoms with van der Waals surface area (Å²) in [6.07, 6.45) is 1.99. The Morgan fingerprint density at radius 3 is 1.69 bits per heavy atom. The van der Waals surface area contributed by atoms with Gasteiger partial charge in [0.15, 0.2) is 0 Å². The minimum absolute atomic E-state index is 0. The van der Waals surface area contributed by atoms with Crippen LogP contribution in [0.2, 0.25) is 0 Å². The molecule has 7 aromatic rings. The van der Waals surface area contributed by atoms with Crippen LogP contribution in [-0.2, 0) is 44.0 Å². The van der Waals surface area contributed by atoms with Crippen LogP contribution in [0.1, 0.15) is 105 Å². The number of fused-ring (bicyclic) bond motifs is 4. The molecule has 0 aliphatic carbocycles. The van der Waals surface area contributed by atoms with Crippen molar-refractivity contribution < 1.29 is 22.4 Å². The first-order chi connectivity index (χ1) is 23.3. The van der Waals surface area contributed by atoms with Crippen LogP contribution < -0.4 is 4.98 Å². The van der Waals surface area contributed by atoms with Gasteiger partial charge < -0.3 is 4.98 Å². The number of thiophene rings is 1. The summed E-state index contributed by atoms with van der Waals surface area (Å²) < 4.78 is 1.20. The first-order valence-corrected chi connectivity index (χ1v) is 18.7. The monoisotopic (exact) mass is 870 g/mol. The predicted molar refractivity (Wildman–Crippen MR) is 217 cm³/mol. The molecule has 0 saturated heterocycles. The Hall–Kier alpha value is -3.47. The van der Waals surface area contributed by atoms with E-state index >= 15 is 0 Å². The van der Waals surface area contributed by atoms with Crippen molar-refractivity contribution in [2.45, 2.75) is 105 Å². The molecule has 3 heterocycles. The average molecular weight is 871 g/mol. The molecule has 51 heavy (non-hydrogen) atoms. The molecule has 0 atom stereocenters. The van der Waals surface area contributed by atoms with E-state index in [1.54, 1.807) is 11.3 Å². The topological polar surface area (TPSA) is 27.0 Å². The standard InChI is InChI=1S/C47H49N2S.Au/c1-44(2,3)33-13-14-40-38(24-33)39-26-36(47(10,11)12)25-37(43(39)49-40)31-17-29(19-34(21-31)45(4,5)6)30-18-32(22-35(20-30)46(7,8)9)41-23-28-15-16-50-42(28)27-48-41;/h13-16,19-27H,1-12H3;/q-3;+3. The van der Waals surface area contributed by atoms with Crippen molar-refractivity contribution in [3.05, 3.63) is 113 Å². The summed E-state index contributed by atoms with van der Waals surface area (Å²) in [5.41, 5.74) is 13.3. The summed E-state index contributed by atoms with van der Waals surface area (Å²) in [4.78, 5) is 10.2. The molecular formula is C47H49AuN2S. The van der Waals surface area contributed by atoms with Crippen molar-refractivity contribution in [1.82, 2.24) is 9.97 Å². The van der Waals surface area contributed by atoms with Gasteiger partial charge >= 0.3 is 22.4 Å². The molecule has 0 bridgehead atoms. The van der Waals surface area contributed by atoms with E-state index in [1.165, 1.54) is 43.1 Å². The number of hydrogen-bond donors (Lipinski definition) is 0. The van der Waals surface area contributed by atoms with Crippen LogP contribution in [0.4, 0.5) is 0 Å². The summed E-state index contributed by atoms with van der Waals surface area (Å²) in [7, 11) is 0. The summed E-state index contributed by atoms with van der Waals surface area (Å²) in [5, 5.41) is 5.78. The minimum atomic E-state index is -0.0822. The first kappa shape index (κ1) is 37.3. The normalized spacial score (nSPS) is 12.9. The van der Waals surface area contributed by atoms with Crippen molar-refractivity contribution in [2.24, 2.45) is 0 Å². The van der Waals surface area contributed by atoms with Gasteiger partial charge in [-0.15, -0.1) is 51.2 Å². The summed E-state index contributed by atoms with van der Waals surface area (Å²) in [6.45, 7) is 27.4. The van der Waals surface area contributed by atoms with Crippen molar-refractivity contribution in [3.8, 4) is 33.5 Å². The number of rotatable bonds is 3. The first-order valence-electron chi connectivity index (χ1n) is 17.8. The van der Waals surface area contributed by atoms with E-state index < -0.39 is 0 Å². The second-order valence-electron chi connectivity index (χ2n) is 18.2. The van der Waals surface area contributed by atoms with Crippen LogP contribution in [0.3, 0.4) is 0 Å². The summed E-state index contributed by atoms with van der Waals surface area (Å²) >= 11 is 1.72. The van der Waals surface area contributed by atoms with Crippen molar-refractivity contribution >= 4 is 43.2 Å². The van der Waals surface area contributed by atoms with E-state index in [2.05, 4.69) is 167 Å². The molecular weight excluding hydrogens is 822 g/mol. The third kappa shape index (κ3) is 7.29. The molecule has 0 amide bonds. The van der Waals surface area contributed by atoms with Crippen LogP contribution in [0.25, 0.3) is 65.4 Å². The maximum atomic E-state index is 5.32. The third-order valence-corrected chi connectivity index (χ3v) is 10.9. The summed E-state index contributed by atoms with van der Waals surface area (Å²) in [6, 6.07) is 32.9. The molecule has 0 radical (unpaired) electrons. The Bertz CT molecular complexity index is 2410. The van der Waals surface area contributed by atoms with Gasteiger partial charge in [-0.3, -0.25) is 4.98 Å². The minimum Gasteiger partial charge on any atom is -0.663 e. The molecule has 4 heteroatoms. The van der Waals surface area contributed by atoms with Gasteiger partial charge in [0, 0.05) is 11.9 Å². The smallest absolute Gasteiger partial charge is 0.663 e. The Balaban J connectivity index is 0.00000448. The van der Waals surface area contributed by atoms with Crippen molar-refractivity contribution in [2.75, 3.05) is 0 Å². The van der Waals surface area contributed by atoms with E-state index in [1.807, 2.05) is 6.20 Å². The Kier molecular flexibility index (Phi) is 9.42. The van der Waals surface area contributed by atoms with Crippen LogP contribution in [0.5, 0.6) is 0 Å². The molecule has 4 aromatic carbocycles. The van der Waals surface area contributed by atoms with E-state index in [0.717, 1.165) is 44.5 Å². The average Bonchev–Trinajstić information content (AvgIpc) is 3.66.